The lowest BCUT2D eigenvalue weighted by molar-refractivity contribution is 0.0275. The minimum absolute atomic E-state index is 0.175. The van der Waals surface area contributed by atoms with Gasteiger partial charge in [0, 0.05) is 13.0 Å². The number of rotatable bonds is 2. The van der Waals surface area contributed by atoms with Crippen molar-refractivity contribution in [3.63, 3.8) is 0 Å². The van der Waals surface area contributed by atoms with Gasteiger partial charge in [0.05, 0.1) is 17.6 Å². The Labute approximate surface area is 145 Å². The quantitative estimate of drug-likeness (QED) is 0.827. The van der Waals surface area contributed by atoms with Crippen LogP contribution in [0.25, 0.3) is 11.0 Å². The van der Waals surface area contributed by atoms with Gasteiger partial charge in [-0.25, -0.2) is 14.8 Å². The number of likely N-dealkylation sites (tertiary alicyclic amines) is 1. The Bertz CT molecular complexity index is 760. The maximum absolute atomic E-state index is 12.1. The van der Waals surface area contributed by atoms with E-state index in [9.17, 15) is 4.79 Å². The lowest BCUT2D eigenvalue weighted by Gasteiger charge is -2.24. The number of nitrogens with zero attached hydrogens (tertiary/aromatic N) is 3. The highest BCUT2D eigenvalue weighted by Crippen LogP contribution is 2.26. The van der Waals surface area contributed by atoms with Crippen LogP contribution < -0.4 is 4.74 Å². The van der Waals surface area contributed by atoms with Crippen molar-refractivity contribution in [2.75, 3.05) is 13.1 Å². The molecule has 0 radical (unpaired) electrons. The Morgan fingerprint density at radius 2 is 1.92 bits per heavy atom. The van der Waals surface area contributed by atoms with Crippen molar-refractivity contribution in [3.05, 3.63) is 29.4 Å². The number of hydrogen-bond donors (Lipinski definition) is 0. The highest BCUT2D eigenvalue weighted by Gasteiger charge is 2.31. The Morgan fingerprint density at radius 3 is 2.58 bits per heavy atom. The zero-order chi connectivity index (χ0) is 17.3. The first-order valence-electron chi connectivity index (χ1n) is 7.89. The van der Waals surface area contributed by atoms with E-state index in [2.05, 4.69) is 9.97 Å². The van der Waals surface area contributed by atoms with Crippen molar-refractivity contribution in [2.24, 2.45) is 0 Å². The van der Waals surface area contributed by atoms with Crippen molar-refractivity contribution in [1.82, 2.24) is 14.9 Å². The van der Waals surface area contributed by atoms with Gasteiger partial charge in [0.25, 0.3) is 5.88 Å². The molecule has 0 spiro atoms. The van der Waals surface area contributed by atoms with Gasteiger partial charge in [-0.2, -0.15) is 0 Å². The second-order valence-electron chi connectivity index (χ2n) is 6.76. The van der Waals surface area contributed by atoms with E-state index >= 15 is 0 Å². The topological polar surface area (TPSA) is 64.5 Å². The number of benzene rings is 1. The van der Waals surface area contributed by atoms with Crippen molar-refractivity contribution in [1.29, 1.82) is 0 Å². The standard InChI is InChI=1S/C17H20ClN3O3/c1-17(2,3)24-16(22)21-9-8-11(10-21)23-15-14(18)19-12-6-4-5-7-13(12)20-15/h4-7,11H,8-10H2,1-3H3/t11-/m1/s1. The monoisotopic (exact) mass is 349 g/mol. The third-order valence-electron chi connectivity index (χ3n) is 3.57. The van der Waals surface area contributed by atoms with E-state index in [0.717, 1.165) is 11.0 Å². The Balaban J connectivity index is 1.67. The summed E-state index contributed by atoms with van der Waals surface area (Å²) in [6.07, 6.45) is 0.194. The number of amides is 1. The Hall–Kier alpha value is -2.08. The molecule has 6 nitrogen and oxygen atoms in total. The third-order valence-corrected chi connectivity index (χ3v) is 3.82. The minimum atomic E-state index is -0.511. The predicted octanol–water partition coefficient (Wildman–Crippen LogP) is 3.67. The van der Waals surface area contributed by atoms with E-state index in [-0.39, 0.29) is 17.4 Å². The number of fused-ring (bicyclic) bond motifs is 1. The van der Waals surface area contributed by atoms with Crippen molar-refractivity contribution >= 4 is 28.7 Å². The van der Waals surface area contributed by atoms with Gasteiger partial charge in [-0.15, -0.1) is 0 Å². The lowest BCUT2D eigenvalue weighted by atomic mass is 10.2. The molecule has 1 aromatic carbocycles. The summed E-state index contributed by atoms with van der Waals surface area (Å²) in [6, 6.07) is 7.46. The average Bonchev–Trinajstić information content (AvgIpc) is 2.95. The smallest absolute Gasteiger partial charge is 0.410 e. The van der Waals surface area contributed by atoms with Crippen LogP contribution >= 0.6 is 11.6 Å². The molecule has 0 N–H and O–H groups in total. The summed E-state index contributed by atoms with van der Waals surface area (Å²) in [5.74, 6) is 0.298. The summed E-state index contributed by atoms with van der Waals surface area (Å²) < 4.78 is 11.2. The Morgan fingerprint density at radius 1 is 1.25 bits per heavy atom. The number of para-hydroxylation sites is 2. The second kappa shape index (κ2) is 6.43. The molecule has 0 bridgehead atoms. The number of carbonyl (C=O) groups excluding carboxylic acids is 1. The average molecular weight is 350 g/mol. The summed E-state index contributed by atoms with van der Waals surface area (Å²) in [5, 5.41) is 0.226. The molecule has 1 atom stereocenters. The molecule has 0 saturated carbocycles. The number of aromatic nitrogens is 2. The minimum Gasteiger partial charge on any atom is -0.470 e. The fourth-order valence-corrected chi connectivity index (χ4v) is 2.69. The zero-order valence-electron chi connectivity index (χ0n) is 14.0. The third kappa shape index (κ3) is 3.87. The van der Waals surface area contributed by atoms with E-state index in [1.54, 1.807) is 4.90 Å². The summed E-state index contributed by atoms with van der Waals surface area (Å²) in [4.78, 5) is 22.4. The fraction of sp³-hybridized carbons (Fsp3) is 0.471. The largest absolute Gasteiger partial charge is 0.470 e. The summed E-state index contributed by atoms with van der Waals surface area (Å²) >= 11 is 6.16. The van der Waals surface area contributed by atoms with Crippen molar-refractivity contribution in [3.8, 4) is 5.88 Å². The van der Waals surface area contributed by atoms with Crippen LogP contribution in [-0.4, -0.2) is 45.8 Å². The molecule has 3 rings (SSSR count). The van der Waals surface area contributed by atoms with Crippen LogP contribution in [0.4, 0.5) is 4.79 Å². The first-order valence-corrected chi connectivity index (χ1v) is 8.26. The molecule has 1 aliphatic heterocycles. The van der Waals surface area contributed by atoms with E-state index in [0.29, 0.717) is 25.4 Å². The highest BCUT2D eigenvalue weighted by atomic mass is 35.5. The van der Waals surface area contributed by atoms with Crippen LogP contribution in [0.1, 0.15) is 27.2 Å². The van der Waals surface area contributed by atoms with Gasteiger partial charge in [0.1, 0.15) is 11.7 Å². The normalized spacial score (nSPS) is 18.0. The molecular formula is C17H20ClN3O3. The molecule has 7 heteroatoms. The molecular weight excluding hydrogens is 330 g/mol. The van der Waals surface area contributed by atoms with Gasteiger partial charge >= 0.3 is 6.09 Å². The van der Waals surface area contributed by atoms with E-state index in [1.165, 1.54) is 0 Å². The van der Waals surface area contributed by atoms with Crippen LogP contribution in [0, 0.1) is 0 Å². The molecule has 1 saturated heterocycles. The van der Waals surface area contributed by atoms with E-state index in [4.69, 9.17) is 21.1 Å². The number of carbonyl (C=O) groups is 1. The van der Waals surface area contributed by atoms with Gasteiger partial charge in [-0.3, -0.25) is 0 Å². The van der Waals surface area contributed by atoms with Crippen molar-refractivity contribution in [2.45, 2.75) is 38.9 Å². The van der Waals surface area contributed by atoms with E-state index < -0.39 is 5.60 Å². The molecule has 128 valence electrons. The molecule has 0 aliphatic carbocycles. The van der Waals surface area contributed by atoms with Crippen LogP contribution in [-0.2, 0) is 4.74 Å². The van der Waals surface area contributed by atoms with E-state index in [1.807, 2.05) is 45.0 Å². The molecule has 1 amide bonds. The number of ether oxygens (including phenoxy) is 2. The molecule has 0 unspecified atom stereocenters. The fourth-order valence-electron chi connectivity index (χ4n) is 2.51. The number of halogens is 1. The summed E-state index contributed by atoms with van der Waals surface area (Å²) in [5.41, 5.74) is 0.930. The first-order chi connectivity index (χ1) is 11.3. The predicted molar refractivity (Wildman–Crippen MR) is 91.4 cm³/mol. The zero-order valence-corrected chi connectivity index (χ0v) is 14.7. The first kappa shape index (κ1) is 16.8. The molecule has 1 aliphatic rings. The number of hydrogen-bond acceptors (Lipinski definition) is 5. The maximum Gasteiger partial charge on any atom is 0.410 e. The molecule has 2 heterocycles. The maximum atomic E-state index is 12.1. The van der Waals surface area contributed by atoms with Crippen LogP contribution in [0.5, 0.6) is 5.88 Å². The van der Waals surface area contributed by atoms with Gasteiger partial charge in [0.2, 0.25) is 0 Å². The molecule has 2 aromatic rings. The summed E-state index contributed by atoms with van der Waals surface area (Å²) in [6.45, 7) is 6.57. The van der Waals surface area contributed by atoms with Gasteiger partial charge in [-0.05, 0) is 32.9 Å². The summed E-state index contributed by atoms with van der Waals surface area (Å²) in [7, 11) is 0. The lowest BCUT2D eigenvalue weighted by Crippen LogP contribution is -2.36. The van der Waals surface area contributed by atoms with Crippen LogP contribution in [0.2, 0.25) is 5.15 Å². The molecule has 1 fully saturated rings. The van der Waals surface area contributed by atoms with Gasteiger partial charge < -0.3 is 14.4 Å². The second-order valence-corrected chi connectivity index (χ2v) is 7.12. The van der Waals surface area contributed by atoms with Gasteiger partial charge in [-0.1, -0.05) is 23.7 Å². The molecule has 1 aromatic heterocycles. The van der Waals surface area contributed by atoms with Crippen molar-refractivity contribution < 1.29 is 14.3 Å². The molecule has 24 heavy (non-hydrogen) atoms. The highest BCUT2D eigenvalue weighted by molar-refractivity contribution is 6.31. The van der Waals surface area contributed by atoms with Gasteiger partial charge in [0.15, 0.2) is 5.15 Å². The van der Waals surface area contributed by atoms with Crippen LogP contribution in [0.15, 0.2) is 24.3 Å². The van der Waals surface area contributed by atoms with Crippen LogP contribution in [0.3, 0.4) is 0 Å². The SMILES string of the molecule is CC(C)(C)OC(=O)N1CC[C@@H](Oc2nc3ccccc3nc2Cl)C1. The Kier molecular flexibility index (Phi) is 4.49.